The summed E-state index contributed by atoms with van der Waals surface area (Å²) in [6.07, 6.45) is -4.13. The van der Waals surface area contributed by atoms with E-state index in [1.807, 2.05) is 6.07 Å². The minimum atomic E-state index is -5.11. The van der Waals surface area contributed by atoms with Gasteiger partial charge in [-0.15, -0.1) is 0 Å². The number of hydrogen-bond donors (Lipinski definition) is 0. The lowest BCUT2D eigenvalue weighted by molar-refractivity contribution is -0.228. The molecule has 3 aromatic rings. The maximum atomic E-state index is 14.8. The van der Waals surface area contributed by atoms with Gasteiger partial charge in [0.15, 0.2) is 0 Å². The molecular formula is C29H22F6N2O. The van der Waals surface area contributed by atoms with Crippen LogP contribution < -0.4 is 0 Å². The SMILES string of the molecule is CC(F)(c1ccc2c(c1)CC1N(C(=O)c3cc(F)cc(C#N)c3)CCC21Cc1ccc(F)cc1)C(F)(F)F. The second-order valence-electron chi connectivity index (χ2n) is 10.1. The molecule has 1 fully saturated rings. The van der Waals surface area contributed by atoms with Crippen LogP contribution in [0.5, 0.6) is 0 Å². The second kappa shape index (κ2) is 8.90. The molecule has 9 heteroatoms. The molecule has 1 aliphatic carbocycles. The molecule has 3 aromatic carbocycles. The Hall–Kier alpha value is -3.80. The minimum absolute atomic E-state index is 0.0100. The first-order valence-corrected chi connectivity index (χ1v) is 12.0. The second-order valence-corrected chi connectivity index (χ2v) is 10.1. The van der Waals surface area contributed by atoms with E-state index >= 15 is 0 Å². The number of hydrogen-bond acceptors (Lipinski definition) is 2. The standard InChI is InChI=1S/C29H22F6N2O/c1-27(32,29(33,34)35)21-4-7-24-19(12-21)14-25-28(24,15-17-2-5-22(30)6-3-17)8-9-37(25)26(38)20-10-18(16-36)11-23(31)13-20/h2-7,10-13,25H,8-9,14-15H2,1H3. The Morgan fingerprint density at radius 1 is 1.03 bits per heavy atom. The van der Waals surface area contributed by atoms with Gasteiger partial charge in [0.25, 0.3) is 5.91 Å². The lowest BCUT2D eigenvalue weighted by Crippen LogP contribution is -2.44. The zero-order valence-corrected chi connectivity index (χ0v) is 20.2. The molecule has 3 unspecified atom stereocenters. The summed E-state index contributed by atoms with van der Waals surface area (Å²) in [5.41, 5.74) is -2.86. The zero-order chi connectivity index (χ0) is 27.5. The van der Waals surface area contributed by atoms with Crippen molar-refractivity contribution in [1.82, 2.24) is 4.90 Å². The van der Waals surface area contributed by atoms with Crippen LogP contribution >= 0.6 is 0 Å². The molecule has 1 heterocycles. The van der Waals surface area contributed by atoms with Crippen molar-refractivity contribution in [3.8, 4) is 6.07 Å². The fourth-order valence-electron chi connectivity index (χ4n) is 5.93. The van der Waals surface area contributed by atoms with Crippen LogP contribution in [0.4, 0.5) is 26.3 Å². The molecule has 196 valence electrons. The molecule has 1 amide bonds. The third kappa shape index (κ3) is 4.12. The fraction of sp³-hybridized carbons (Fsp3) is 0.310. The highest BCUT2D eigenvalue weighted by molar-refractivity contribution is 5.95. The van der Waals surface area contributed by atoms with Crippen LogP contribution in [0.15, 0.2) is 60.7 Å². The van der Waals surface area contributed by atoms with Crippen molar-refractivity contribution in [2.45, 2.75) is 49.5 Å². The van der Waals surface area contributed by atoms with Gasteiger partial charge in [0.1, 0.15) is 11.6 Å². The van der Waals surface area contributed by atoms with Crippen molar-refractivity contribution in [3.05, 3.63) is 106 Å². The molecule has 2 aliphatic rings. The highest BCUT2D eigenvalue weighted by Crippen LogP contribution is 2.52. The summed E-state index contributed by atoms with van der Waals surface area (Å²) in [5.74, 6) is -1.67. The molecule has 3 nitrogen and oxygen atoms in total. The van der Waals surface area contributed by atoms with Gasteiger partial charge in [0.2, 0.25) is 5.67 Å². The summed E-state index contributed by atoms with van der Waals surface area (Å²) in [6, 6.07) is 14.4. The van der Waals surface area contributed by atoms with Crippen LogP contribution in [-0.4, -0.2) is 29.6 Å². The monoisotopic (exact) mass is 528 g/mol. The van der Waals surface area contributed by atoms with E-state index in [0.717, 1.165) is 23.8 Å². The van der Waals surface area contributed by atoms with Gasteiger partial charge in [0, 0.05) is 23.6 Å². The molecule has 5 rings (SSSR count). The summed E-state index contributed by atoms with van der Waals surface area (Å²) < 4.78 is 82.8. The summed E-state index contributed by atoms with van der Waals surface area (Å²) in [5, 5.41) is 9.20. The van der Waals surface area contributed by atoms with E-state index in [1.54, 1.807) is 17.0 Å². The number of halogens is 6. The summed E-state index contributed by atoms with van der Waals surface area (Å²) >= 11 is 0. The topological polar surface area (TPSA) is 44.1 Å². The van der Waals surface area contributed by atoms with Crippen molar-refractivity contribution in [3.63, 3.8) is 0 Å². The van der Waals surface area contributed by atoms with E-state index in [4.69, 9.17) is 0 Å². The van der Waals surface area contributed by atoms with Crippen LogP contribution in [0.1, 0.15) is 51.5 Å². The van der Waals surface area contributed by atoms with Crippen LogP contribution in [0.2, 0.25) is 0 Å². The molecule has 1 saturated heterocycles. The number of carbonyl (C=O) groups is 1. The number of alkyl halides is 4. The van der Waals surface area contributed by atoms with Crippen molar-refractivity contribution in [1.29, 1.82) is 5.26 Å². The molecule has 0 saturated carbocycles. The van der Waals surface area contributed by atoms with Crippen molar-refractivity contribution in [2.75, 3.05) is 6.54 Å². The Balaban J connectivity index is 1.58. The van der Waals surface area contributed by atoms with Crippen molar-refractivity contribution < 1.29 is 31.1 Å². The van der Waals surface area contributed by atoms with Crippen LogP contribution in [0.25, 0.3) is 0 Å². The van der Waals surface area contributed by atoms with E-state index in [-0.39, 0.29) is 24.1 Å². The summed E-state index contributed by atoms with van der Waals surface area (Å²) in [7, 11) is 0. The molecule has 0 aromatic heterocycles. The zero-order valence-electron chi connectivity index (χ0n) is 20.2. The molecule has 1 aliphatic heterocycles. The van der Waals surface area contributed by atoms with E-state index in [1.165, 1.54) is 30.3 Å². The molecule has 0 spiro atoms. The first-order chi connectivity index (χ1) is 17.9. The maximum Gasteiger partial charge on any atom is 0.426 e. The number of nitriles is 1. The number of amides is 1. The Labute approximate surface area is 215 Å². The van der Waals surface area contributed by atoms with Crippen molar-refractivity contribution in [2.24, 2.45) is 0 Å². The van der Waals surface area contributed by atoms with Gasteiger partial charge in [0.05, 0.1) is 11.6 Å². The number of rotatable bonds is 4. The summed E-state index contributed by atoms with van der Waals surface area (Å²) in [6.45, 7) is 0.763. The van der Waals surface area contributed by atoms with E-state index in [2.05, 4.69) is 0 Å². The quantitative estimate of drug-likeness (QED) is 0.361. The predicted molar refractivity (Wildman–Crippen MR) is 127 cm³/mol. The van der Waals surface area contributed by atoms with E-state index in [9.17, 15) is 36.4 Å². The minimum Gasteiger partial charge on any atom is -0.334 e. The number of likely N-dealkylation sites (tertiary alicyclic amines) is 1. The first kappa shape index (κ1) is 25.8. The molecule has 38 heavy (non-hydrogen) atoms. The molecule has 3 atom stereocenters. The molecule has 0 N–H and O–H groups in total. The third-order valence-electron chi connectivity index (χ3n) is 7.91. The number of carbonyl (C=O) groups excluding carboxylic acids is 1. The highest BCUT2D eigenvalue weighted by atomic mass is 19.4. The Bertz CT molecular complexity index is 1460. The third-order valence-corrected chi connectivity index (χ3v) is 7.91. The maximum absolute atomic E-state index is 14.8. The van der Waals surface area contributed by atoms with Crippen molar-refractivity contribution >= 4 is 5.91 Å². The van der Waals surface area contributed by atoms with Gasteiger partial charge in [-0.25, -0.2) is 13.2 Å². The normalized spacial score (nSPS) is 21.9. The van der Waals surface area contributed by atoms with E-state index in [0.29, 0.717) is 30.9 Å². The average Bonchev–Trinajstić information content (AvgIpc) is 3.36. The number of benzene rings is 3. The van der Waals surface area contributed by atoms with Gasteiger partial charge in [-0.1, -0.05) is 30.3 Å². The average molecular weight is 528 g/mol. The highest BCUT2D eigenvalue weighted by Gasteiger charge is 2.57. The Kier molecular flexibility index (Phi) is 6.05. The summed E-state index contributed by atoms with van der Waals surface area (Å²) in [4.78, 5) is 15.1. The van der Waals surface area contributed by atoms with Gasteiger partial charge in [-0.2, -0.15) is 18.4 Å². The predicted octanol–water partition coefficient (Wildman–Crippen LogP) is 6.53. The van der Waals surface area contributed by atoms with E-state index < -0.39 is 46.4 Å². The Morgan fingerprint density at radius 3 is 2.39 bits per heavy atom. The molecule has 0 radical (unpaired) electrons. The largest absolute Gasteiger partial charge is 0.426 e. The van der Waals surface area contributed by atoms with Gasteiger partial charge >= 0.3 is 6.18 Å². The smallest absolute Gasteiger partial charge is 0.334 e. The first-order valence-electron chi connectivity index (χ1n) is 12.0. The molecular weight excluding hydrogens is 506 g/mol. The lowest BCUT2D eigenvalue weighted by Gasteiger charge is -2.34. The lowest BCUT2D eigenvalue weighted by atomic mass is 9.73. The van der Waals surface area contributed by atoms with Crippen LogP contribution in [-0.2, 0) is 23.9 Å². The fourth-order valence-corrected chi connectivity index (χ4v) is 5.93. The van der Waals surface area contributed by atoms with Gasteiger partial charge in [-0.3, -0.25) is 4.79 Å². The van der Waals surface area contributed by atoms with Gasteiger partial charge in [-0.05, 0) is 78.8 Å². The van der Waals surface area contributed by atoms with Crippen LogP contribution in [0.3, 0.4) is 0 Å². The Morgan fingerprint density at radius 2 is 1.74 bits per heavy atom. The molecule has 0 bridgehead atoms. The number of fused-ring (bicyclic) bond motifs is 3. The number of nitrogens with zero attached hydrogens (tertiary/aromatic N) is 2. The van der Waals surface area contributed by atoms with Crippen LogP contribution in [0, 0.1) is 23.0 Å². The van der Waals surface area contributed by atoms with Gasteiger partial charge < -0.3 is 4.90 Å².